The number of rotatable bonds is 3. The highest BCUT2D eigenvalue weighted by atomic mass is 16.5. The Morgan fingerprint density at radius 3 is 3.00 bits per heavy atom. The molecule has 0 aliphatic heterocycles. The van der Waals surface area contributed by atoms with Crippen LogP contribution in [0.25, 0.3) is 0 Å². The van der Waals surface area contributed by atoms with E-state index in [1.165, 1.54) is 0 Å². The van der Waals surface area contributed by atoms with Gasteiger partial charge >= 0.3 is 0 Å². The Kier molecular flexibility index (Phi) is 2.66. The molecule has 0 spiro atoms. The number of hydrogen-bond acceptors (Lipinski definition) is 2. The van der Waals surface area contributed by atoms with Crippen molar-refractivity contribution in [3.05, 3.63) is 29.8 Å². The molecule has 2 heteroatoms. The van der Waals surface area contributed by atoms with Crippen molar-refractivity contribution in [2.75, 3.05) is 7.11 Å². The van der Waals surface area contributed by atoms with Crippen LogP contribution in [0.4, 0.5) is 0 Å². The van der Waals surface area contributed by atoms with Crippen LogP contribution in [0.3, 0.4) is 0 Å². The van der Waals surface area contributed by atoms with Gasteiger partial charge in [0.25, 0.3) is 0 Å². The molecule has 0 aliphatic rings. The standard InChI is InChI=1S/C9H9O2/c1-11-9-4-2-3-8(7-9)5-6-10/h2-4,7H,5H2,1H3. The Morgan fingerprint density at radius 2 is 2.36 bits per heavy atom. The van der Waals surface area contributed by atoms with E-state index in [-0.39, 0.29) is 0 Å². The summed E-state index contributed by atoms with van der Waals surface area (Å²) in [6.45, 7) is 0. The van der Waals surface area contributed by atoms with E-state index in [2.05, 4.69) is 0 Å². The molecule has 2 nitrogen and oxygen atoms in total. The predicted molar refractivity (Wildman–Crippen MR) is 42.4 cm³/mol. The lowest BCUT2D eigenvalue weighted by Gasteiger charge is -1.99. The fourth-order valence-electron chi connectivity index (χ4n) is 0.866. The van der Waals surface area contributed by atoms with E-state index in [1.807, 2.05) is 30.6 Å². The van der Waals surface area contributed by atoms with E-state index in [9.17, 15) is 4.79 Å². The highest BCUT2D eigenvalue weighted by Crippen LogP contribution is 2.11. The molecule has 0 amide bonds. The lowest BCUT2D eigenvalue weighted by molar-refractivity contribution is 0.414. The van der Waals surface area contributed by atoms with Crippen molar-refractivity contribution in [1.29, 1.82) is 0 Å². The van der Waals surface area contributed by atoms with Crippen molar-refractivity contribution in [1.82, 2.24) is 0 Å². The van der Waals surface area contributed by atoms with Gasteiger partial charge in [-0.05, 0) is 17.7 Å². The van der Waals surface area contributed by atoms with Crippen molar-refractivity contribution >= 4 is 6.29 Å². The van der Waals surface area contributed by atoms with E-state index in [0.29, 0.717) is 6.42 Å². The van der Waals surface area contributed by atoms with Gasteiger partial charge in [0.1, 0.15) is 5.75 Å². The summed E-state index contributed by atoms with van der Waals surface area (Å²) in [6.07, 6.45) is 2.16. The Bertz CT molecular complexity index is 243. The first-order valence-electron chi connectivity index (χ1n) is 3.34. The predicted octanol–water partition coefficient (Wildman–Crippen LogP) is 1.35. The van der Waals surface area contributed by atoms with Crippen molar-refractivity contribution in [2.45, 2.75) is 6.42 Å². The molecule has 57 valence electrons. The highest BCUT2D eigenvalue weighted by Gasteiger charge is 1.93. The molecular weight excluding hydrogens is 140 g/mol. The number of ether oxygens (including phenoxy) is 1. The third kappa shape index (κ3) is 2.08. The maximum absolute atomic E-state index is 10.0. The van der Waals surface area contributed by atoms with E-state index >= 15 is 0 Å². The highest BCUT2D eigenvalue weighted by molar-refractivity contribution is 5.56. The monoisotopic (exact) mass is 149 g/mol. The van der Waals surface area contributed by atoms with Crippen molar-refractivity contribution in [3.8, 4) is 5.75 Å². The zero-order valence-corrected chi connectivity index (χ0v) is 6.33. The third-order valence-corrected chi connectivity index (χ3v) is 1.41. The van der Waals surface area contributed by atoms with E-state index in [0.717, 1.165) is 11.3 Å². The summed E-state index contributed by atoms with van der Waals surface area (Å²) in [6, 6.07) is 7.39. The van der Waals surface area contributed by atoms with E-state index in [1.54, 1.807) is 7.11 Å². The number of hydrogen-bond donors (Lipinski definition) is 0. The first-order chi connectivity index (χ1) is 5.36. The van der Waals surface area contributed by atoms with Crippen LogP contribution in [0.5, 0.6) is 5.75 Å². The normalized spacial score (nSPS) is 9.18. The zero-order chi connectivity index (χ0) is 8.10. The van der Waals surface area contributed by atoms with Gasteiger partial charge in [0.15, 0.2) is 0 Å². The van der Waals surface area contributed by atoms with Gasteiger partial charge < -0.3 is 4.74 Å². The minimum atomic E-state index is 0.331. The molecule has 1 rings (SSSR count). The van der Waals surface area contributed by atoms with Gasteiger partial charge in [0.05, 0.1) is 7.11 Å². The summed E-state index contributed by atoms with van der Waals surface area (Å²) in [5.74, 6) is 0.776. The van der Waals surface area contributed by atoms with Gasteiger partial charge in [-0.2, -0.15) is 0 Å². The molecule has 0 aliphatic carbocycles. The summed E-state index contributed by atoms with van der Waals surface area (Å²) in [7, 11) is 1.60. The molecule has 0 atom stereocenters. The van der Waals surface area contributed by atoms with Gasteiger partial charge in [-0.15, -0.1) is 0 Å². The molecule has 0 heterocycles. The minimum absolute atomic E-state index is 0.331. The second-order valence-corrected chi connectivity index (χ2v) is 2.17. The fraction of sp³-hybridized carbons (Fsp3) is 0.222. The van der Waals surface area contributed by atoms with Gasteiger partial charge in [-0.3, -0.25) is 4.79 Å². The average Bonchev–Trinajstić information content (AvgIpc) is 2.06. The molecule has 11 heavy (non-hydrogen) atoms. The number of carbonyl (C=O) groups excluding carboxylic acids is 1. The minimum Gasteiger partial charge on any atom is -0.497 e. The molecule has 0 saturated carbocycles. The van der Waals surface area contributed by atoms with Crippen LogP contribution < -0.4 is 4.74 Å². The molecular formula is C9H9O2. The largest absolute Gasteiger partial charge is 0.497 e. The Labute approximate surface area is 65.8 Å². The Hall–Kier alpha value is -1.31. The Morgan fingerprint density at radius 1 is 1.55 bits per heavy atom. The smallest absolute Gasteiger partial charge is 0.203 e. The van der Waals surface area contributed by atoms with Crippen molar-refractivity contribution in [3.63, 3.8) is 0 Å². The van der Waals surface area contributed by atoms with Gasteiger partial charge in [0, 0.05) is 6.42 Å². The van der Waals surface area contributed by atoms with Crippen LogP contribution in [-0.4, -0.2) is 13.4 Å². The second-order valence-electron chi connectivity index (χ2n) is 2.17. The Balaban J connectivity index is 2.82. The lowest BCUT2D eigenvalue weighted by Crippen LogP contribution is -1.87. The van der Waals surface area contributed by atoms with Crippen LogP contribution in [0.15, 0.2) is 24.3 Å². The molecule has 0 N–H and O–H groups in total. The second kappa shape index (κ2) is 3.76. The van der Waals surface area contributed by atoms with Gasteiger partial charge in [0.2, 0.25) is 6.29 Å². The topological polar surface area (TPSA) is 26.3 Å². The average molecular weight is 149 g/mol. The molecule has 0 unspecified atom stereocenters. The van der Waals surface area contributed by atoms with E-state index in [4.69, 9.17) is 4.74 Å². The summed E-state index contributed by atoms with van der Waals surface area (Å²) >= 11 is 0. The van der Waals surface area contributed by atoms with Crippen molar-refractivity contribution in [2.24, 2.45) is 0 Å². The van der Waals surface area contributed by atoms with Crippen LogP contribution in [0.2, 0.25) is 0 Å². The molecule has 0 fully saturated rings. The van der Waals surface area contributed by atoms with E-state index < -0.39 is 0 Å². The molecule has 0 aromatic heterocycles. The lowest BCUT2D eigenvalue weighted by atomic mass is 10.2. The van der Waals surface area contributed by atoms with Gasteiger partial charge in [-0.25, -0.2) is 0 Å². The van der Waals surface area contributed by atoms with Crippen LogP contribution in [0.1, 0.15) is 5.56 Å². The SMILES string of the molecule is COc1cccc(C[C]=O)c1. The third-order valence-electron chi connectivity index (χ3n) is 1.41. The number of methoxy groups -OCH3 is 1. The molecule has 0 bridgehead atoms. The molecule has 0 saturated heterocycles. The van der Waals surface area contributed by atoms with Crippen LogP contribution >= 0.6 is 0 Å². The first kappa shape index (κ1) is 7.79. The van der Waals surface area contributed by atoms with Crippen LogP contribution in [-0.2, 0) is 11.2 Å². The van der Waals surface area contributed by atoms with Crippen molar-refractivity contribution < 1.29 is 9.53 Å². The molecule has 1 aromatic rings. The van der Waals surface area contributed by atoms with Crippen LogP contribution in [0, 0.1) is 0 Å². The summed E-state index contributed by atoms with van der Waals surface area (Å²) in [4.78, 5) is 10.0. The fourth-order valence-corrected chi connectivity index (χ4v) is 0.866. The zero-order valence-electron chi connectivity index (χ0n) is 6.33. The summed E-state index contributed by atoms with van der Waals surface area (Å²) in [5, 5.41) is 0. The number of benzene rings is 1. The summed E-state index contributed by atoms with van der Waals surface area (Å²) < 4.78 is 4.97. The maximum atomic E-state index is 10.0. The quantitative estimate of drug-likeness (QED) is 0.648. The van der Waals surface area contributed by atoms with Gasteiger partial charge in [-0.1, -0.05) is 12.1 Å². The maximum Gasteiger partial charge on any atom is 0.203 e. The molecule has 1 radical (unpaired) electrons. The summed E-state index contributed by atoms with van der Waals surface area (Å²) in [5.41, 5.74) is 0.930. The molecule has 1 aromatic carbocycles. The first-order valence-corrected chi connectivity index (χ1v) is 3.34.